The minimum atomic E-state index is 0.106. The van der Waals surface area contributed by atoms with Gasteiger partial charge in [0.1, 0.15) is 0 Å². The number of carbonyl (C=O) groups excluding carboxylic acids is 2. The first-order valence-corrected chi connectivity index (χ1v) is 8.56. The summed E-state index contributed by atoms with van der Waals surface area (Å²) >= 11 is 0. The molecule has 0 atom stereocenters. The lowest BCUT2D eigenvalue weighted by molar-refractivity contribution is -0.139. The van der Waals surface area contributed by atoms with E-state index < -0.39 is 0 Å². The Hall–Kier alpha value is -1.14. The van der Waals surface area contributed by atoms with Crippen LogP contribution in [0.15, 0.2) is 0 Å². The molecule has 6 heteroatoms. The summed E-state index contributed by atoms with van der Waals surface area (Å²) in [6.45, 7) is 11.1. The van der Waals surface area contributed by atoms with Crippen molar-refractivity contribution in [2.45, 2.75) is 26.7 Å². The second kappa shape index (κ2) is 8.48. The number of piperidine rings is 1. The fourth-order valence-electron chi connectivity index (χ4n) is 3.26. The Morgan fingerprint density at radius 1 is 1.00 bits per heavy atom. The summed E-state index contributed by atoms with van der Waals surface area (Å²) in [6.07, 6.45) is 2.36. The van der Waals surface area contributed by atoms with Gasteiger partial charge in [-0.2, -0.15) is 0 Å². The van der Waals surface area contributed by atoms with Gasteiger partial charge in [0.25, 0.3) is 0 Å². The highest BCUT2D eigenvalue weighted by Gasteiger charge is 2.25. The predicted octanol–water partition coefficient (Wildman–Crippen LogP) is -0.00140. The summed E-state index contributed by atoms with van der Waals surface area (Å²) < 4.78 is 0. The average Bonchev–Trinajstić information content (AvgIpc) is 2.54. The first-order valence-electron chi connectivity index (χ1n) is 8.56. The van der Waals surface area contributed by atoms with E-state index in [2.05, 4.69) is 17.1 Å². The number of nitrogens with zero attached hydrogens (tertiary/aromatic N) is 3. The van der Waals surface area contributed by atoms with E-state index in [4.69, 9.17) is 0 Å². The molecule has 1 N–H and O–H groups in total. The molecule has 2 saturated heterocycles. The molecule has 0 saturated carbocycles. The minimum Gasteiger partial charge on any atom is -0.339 e. The van der Waals surface area contributed by atoms with E-state index in [1.54, 1.807) is 6.92 Å². The number of piperazine rings is 1. The molecule has 0 radical (unpaired) electrons. The molecule has 0 aromatic rings. The highest BCUT2D eigenvalue weighted by atomic mass is 16.2. The molecular formula is C16H30N4O2. The van der Waals surface area contributed by atoms with Crippen LogP contribution in [0.5, 0.6) is 0 Å². The average molecular weight is 310 g/mol. The third kappa shape index (κ3) is 4.95. The monoisotopic (exact) mass is 310 g/mol. The summed E-state index contributed by atoms with van der Waals surface area (Å²) in [4.78, 5) is 29.7. The van der Waals surface area contributed by atoms with Gasteiger partial charge >= 0.3 is 0 Å². The van der Waals surface area contributed by atoms with Crippen molar-refractivity contribution >= 4 is 11.8 Å². The zero-order valence-corrected chi connectivity index (χ0v) is 14.0. The Balaban J connectivity index is 1.67. The summed E-state index contributed by atoms with van der Waals surface area (Å²) in [7, 11) is 0. The standard InChI is InChI=1S/C16H30N4O2/c1-3-17-12-15-4-6-18(7-5-15)13-16(22)20-10-8-19(9-11-20)14(2)21/h15,17H,3-13H2,1-2H3. The number of likely N-dealkylation sites (tertiary alicyclic amines) is 1. The summed E-state index contributed by atoms with van der Waals surface area (Å²) in [6, 6.07) is 0. The van der Waals surface area contributed by atoms with Gasteiger partial charge in [-0.15, -0.1) is 0 Å². The van der Waals surface area contributed by atoms with Gasteiger partial charge in [-0.05, 0) is 44.9 Å². The van der Waals surface area contributed by atoms with Gasteiger partial charge in [-0.1, -0.05) is 6.92 Å². The molecule has 2 aliphatic heterocycles. The molecule has 0 unspecified atom stereocenters. The molecule has 2 heterocycles. The number of amides is 2. The molecule has 22 heavy (non-hydrogen) atoms. The normalized spacial score (nSPS) is 21.2. The van der Waals surface area contributed by atoms with Gasteiger partial charge in [-0.25, -0.2) is 0 Å². The van der Waals surface area contributed by atoms with Gasteiger partial charge in [0.15, 0.2) is 0 Å². The van der Waals surface area contributed by atoms with Crippen molar-refractivity contribution in [1.82, 2.24) is 20.0 Å². The first kappa shape index (κ1) is 17.2. The molecule has 2 amide bonds. The van der Waals surface area contributed by atoms with E-state index in [0.717, 1.165) is 32.1 Å². The number of carbonyl (C=O) groups is 2. The highest BCUT2D eigenvalue weighted by Crippen LogP contribution is 2.16. The second-order valence-electron chi connectivity index (χ2n) is 6.41. The summed E-state index contributed by atoms with van der Waals surface area (Å²) in [5.41, 5.74) is 0. The highest BCUT2D eigenvalue weighted by molar-refractivity contribution is 5.79. The molecule has 2 rings (SSSR count). The maximum absolute atomic E-state index is 12.4. The van der Waals surface area contributed by atoms with E-state index in [9.17, 15) is 9.59 Å². The van der Waals surface area contributed by atoms with Gasteiger partial charge in [0, 0.05) is 33.1 Å². The maximum atomic E-state index is 12.4. The third-order valence-corrected chi connectivity index (χ3v) is 4.83. The Labute approximate surface area is 133 Å². The lowest BCUT2D eigenvalue weighted by Crippen LogP contribution is -2.52. The van der Waals surface area contributed by atoms with Crippen LogP contribution >= 0.6 is 0 Å². The van der Waals surface area contributed by atoms with Crippen LogP contribution in [0.3, 0.4) is 0 Å². The largest absolute Gasteiger partial charge is 0.339 e. The topological polar surface area (TPSA) is 55.9 Å². The van der Waals surface area contributed by atoms with Crippen LogP contribution < -0.4 is 5.32 Å². The molecule has 2 aliphatic rings. The van der Waals surface area contributed by atoms with Crippen LogP contribution in [0.25, 0.3) is 0 Å². The van der Waals surface area contributed by atoms with E-state index in [1.165, 1.54) is 12.8 Å². The smallest absolute Gasteiger partial charge is 0.236 e. The number of nitrogens with one attached hydrogen (secondary N) is 1. The van der Waals surface area contributed by atoms with Crippen molar-refractivity contribution in [2.24, 2.45) is 5.92 Å². The fraction of sp³-hybridized carbons (Fsp3) is 0.875. The van der Waals surface area contributed by atoms with Crippen molar-refractivity contribution in [3.05, 3.63) is 0 Å². The Morgan fingerprint density at radius 3 is 2.14 bits per heavy atom. The molecule has 0 aromatic heterocycles. The lowest BCUT2D eigenvalue weighted by atomic mass is 9.97. The molecular weight excluding hydrogens is 280 g/mol. The molecule has 0 bridgehead atoms. The number of hydrogen-bond acceptors (Lipinski definition) is 4. The van der Waals surface area contributed by atoms with E-state index >= 15 is 0 Å². The Kier molecular flexibility index (Phi) is 6.64. The van der Waals surface area contributed by atoms with Crippen LogP contribution in [0.4, 0.5) is 0 Å². The van der Waals surface area contributed by atoms with Gasteiger partial charge in [0.05, 0.1) is 6.54 Å². The first-order chi connectivity index (χ1) is 10.6. The molecule has 0 aromatic carbocycles. The van der Waals surface area contributed by atoms with Crippen LogP contribution in [0.2, 0.25) is 0 Å². The SMILES string of the molecule is CCNCC1CCN(CC(=O)N2CCN(C(C)=O)CC2)CC1. The van der Waals surface area contributed by atoms with Crippen molar-refractivity contribution in [3.63, 3.8) is 0 Å². The van der Waals surface area contributed by atoms with Crippen molar-refractivity contribution in [1.29, 1.82) is 0 Å². The quantitative estimate of drug-likeness (QED) is 0.776. The van der Waals surface area contributed by atoms with Crippen molar-refractivity contribution < 1.29 is 9.59 Å². The van der Waals surface area contributed by atoms with Crippen molar-refractivity contribution in [3.8, 4) is 0 Å². The molecule has 0 spiro atoms. The molecule has 6 nitrogen and oxygen atoms in total. The van der Waals surface area contributed by atoms with Crippen LogP contribution in [-0.4, -0.2) is 85.4 Å². The minimum absolute atomic E-state index is 0.106. The lowest BCUT2D eigenvalue weighted by Gasteiger charge is -2.37. The van der Waals surface area contributed by atoms with E-state index in [0.29, 0.717) is 32.7 Å². The fourth-order valence-corrected chi connectivity index (χ4v) is 3.26. The molecule has 0 aliphatic carbocycles. The van der Waals surface area contributed by atoms with Crippen molar-refractivity contribution in [2.75, 3.05) is 58.9 Å². The Bertz CT molecular complexity index is 372. The van der Waals surface area contributed by atoms with Gasteiger partial charge < -0.3 is 15.1 Å². The van der Waals surface area contributed by atoms with Crippen LogP contribution in [0, 0.1) is 5.92 Å². The zero-order valence-electron chi connectivity index (χ0n) is 14.0. The zero-order chi connectivity index (χ0) is 15.9. The van der Waals surface area contributed by atoms with E-state index in [1.807, 2.05) is 9.80 Å². The molecule has 126 valence electrons. The Morgan fingerprint density at radius 2 is 1.59 bits per heavy atom. The van der Waals surface area contributed by atoms with Gasteiger partial charge in [-0.3, -0.25) is 14.5 Å². The summed E-state index contributed by atoms with van der Waals surface area (Å²) in [5.74, 6) is 1.08. The number of rotatable bonds is 5. The molecule has 2 fully saturated rings. The van der Waals surface area contributed by atoms with Gasteiger partial charge in [0.2, 0.25) is 11.8 Å². The van der Waals surface area contributed by atoms with Crippen LogP contribution in [0.1, 0.15) is 26.7 Å². The number of hydrogen-bond donors (Lipinski definition) is 1. The second-order valence-corrected chi connectivity index (χ2v) is 6.41. The van der Waals surface area contributed by atoms with E-state index in [-0.39, 0.29) is 11.8 Å². The predicted molar refractivity (Wildman–Crippen MR) is 86.5 cm³/mol. The van der Waals surface area contributed by atoms with Crippen LogP contribution in [-0.2, 0) is 9.59 Å². The third-order valence-electron chi connectivity index (χ3n) is 4.83. The maximum Gasteiger partial charge on any atom is 0.236 e. The summed E-state index contributed by atoms with van der Waals surface area (Å²) in [5, 5.41) is 3.41.